The van der Waals surface area contributed by atoms with Gasteiger partial charge in [0.1, 0.15) is 0 Å². The minimum Gasteiger partial charge on any atom is -0.0883 e. The monoisotopic (exact) mass is 428 g/mol. The lowest BCUT2D eigenvalue weighted by Gasteiger charge is -2.08. The number of benzene rings is 2. The zero-order chi connectivity index (χ0) is 13.0. The molecule has 0 aliphatic rings. The van der Waals surface area contributed by atoms with E-state index in [2.05, 4.69) is 102 Å². The fourth-order valence-electron chi connectivity index (χ4n) is 1.74. The average Bonchev–Trinajstić information content (AvgIpc) is 2.39. The van der Waals surface area contributed by atoms with Crippen molar-refractivity contribution in [3.63, 3.8) is 0 Å². The Morgan fingerprint density at radius 3 is 1.50 bits per heavy atom. The van der Waals surface area contributed by atoms with Gasteiger partial charge < -0.3 is 0 Å². The predicted molar refractivity (Wildman–Crippen MR) is 89.2 cm³/mol. The summed E-state index contributed by atoms with van der Waals surface area (Å²) in [6.45, 7) is 0. The topological polar surface area (TPSA) is 0 Å². The zero-order valence-corrected chi connectivity index (χ0v) is 14.3. The molecule has 0 aliphatic heterocycles. The summed E-state index contributed by atoms with van der Waals surface area (Å²) in [7, 11) is 0. The van der Waals surface area contributed by atoms with Crippen molar-refractivity contribution in [2.75, 3.05) is 5.33 Å². The molecule has 0 nitrogen and oxygen atoms in total. The van der Waals surface area contributed by atoms with Crippen LogP contribution < -0.4 is 0 Å². The molecule has 0 heterocycles. The fourth-order valence-corrected chi connectivity index (χ4v) is 2.59. The molecular weight excluding hydrogens is 420 g/mol. The first kappa shape index (κ1) is 14.0. The summed E-state index contributed by atoms with van der Waals surface area (Å²) in [6, 6.07) is 16.8. The Morgan fingerprint density at radius 2 is 1.17 bits per heavy atom. The second-order valence-electron chi connectivity index (χ2n) is 3.79. The van der Waals surface area contributed by atoms with Gasteiger partial charge in [0, 0.05) is 14.3 Å². The van der Waals surface area contributed by atoms with Crippen LogP contribution in [0.2, 0.25) is 0 Å². The van der Waals surface area contributed by atoms with E-state index in [0.717, 1.165) is 14.3 Å². The molecule has 0 fully saturated rings. The van der Waals surface area contributed by atoms with Gasteiger partial charge in [0.25, 0.3) is 0 Å². The van der Waals surface area contributed by atoms with Crippen LogP contribution in [0, 0.1) is 0 Å². The van der Waals surface area contributed by atoms with Crippen LogP contribution in [0.15, 0.2) is 63.6 Å². The highest BCUT2D eigenvalue weighted by molar-refractivity contribution is 9.10. The predicted octanol–water partition coefficient (Wildman–Crippen LogP) is 6.04. The summed E-state index contributed by atoms with van der Waals surface area (Å²) >= 11 is 10.4. The SMILES string of the molecule is BrCC=C(c1ccc(Br)cc1)c1ccc(Br)cc1. The van der Waals surface area contributed by atoms with E-state index < -0.39 is 0 Å². The largest absolute Gasteiger partial charge is 0.0883 e. The minimum atomic E-state index is 0.842. The molecule has 0 radical (unpaired) electrons. The molecule has 0 spiro atoms. The van der Waals surface area contributed by atoms with Crippen molar-refractivity contribution in [2.24, 2.45) is 0 Å². The van der Waals surface area contributed by atoms with E-state index in [1.807, 2.05) is 0 Å². The molecule has 92 valence electrons. The number of alkyl halides is 1. The normalized spacial score (nSPS) is 10.2. The van der Waals surface area contributed by atoms with Crippen molar-refractivity contribution in [3.05, 3.63) is 74.7 Å². The molecule has 0 unspecified atom stereocenters. The average molecular weight is 431 g/mol. The van der Waals surface area contributed by atoms with Crippen molar-refractivity contribution < 1.29 is 0 Å². The molecule has 2 aromatic carbocycles. The van der Waals surface area contributed by atoms with Gasteiger partial charge in [-0.2, -0.15) is 0 Å². The summed E-state index contributed by atoms with van der Waals surface area (Å²) in [4.78, 5) is 0. The van der Waals surface area contributed by atoms with Gasteiger partial charge in [-0.3, -0.25) is 0 Å². The van der Waals surface area contributed by atoms with E-state index in [1.165, 1.54) is 16.7 Å². The highest BCUT2D eigenvalue weighted by Crippen LogP contribution is 2.26. The van der Waals surface area contributed by atoms with Crippen LogP contribution in [0.5, 0.6) is 0 Å². The number of rotatable bonds is 3. The third-order valence-corrected chi connectivity index (χ3v) is 3.97. The summed E-state index contributed by atoms with van der Waals surface area (Å²) in [5.41, 5.74) is 3.69. The molecule has 3 heteroatoms. The van der Waals surface area contributed by atoms with Gasteiger partial charge in [0.05, 0.1) is 0 Å². The van der Waals surface area contributed by atoms with Gasteiger partial charge in [0.15, 0.2) is 0 Å². The molecule has 0 atom stereocenters. The minimum absolute atomic E-state index is 0.842. The molecule has 2 aromatic rings. The molecule has 0 N–H and O–H groups in total. The molecule has 0 saturated carbocycles. The maximum Gasteiger partial charge on any atom is 0.0221 e. The number of hydrogen-bond donors (Lipinski definition) is 0. The summed E-state index contributed by atoms with van der Waals surface area (Å²) < 4.78 is 2.19. The number of allylic oxidation sites excluding steroid dienone is 1. The third-order valence-electron chi connectivity index (χ3n) is 2.59. The highest BCUT2D eigenvalue weighted by atomic mass is 79.9. The van der Waals surface area contributed by atoms with Gasteiger partial charge in [0.2, 0.25) is 0 Å². The van der Waals surface area contributed by atoms with Crippen LogP contribution >= 0.6 is 47.8 Å². The molecule has 2 rings (SSSR count). The Balaban J connectivity index is 2.43. The first-order valence-corrected chi connectivity index (χ1v) is 8.19. The molecule has 0 bridgehead atoms. The van der Waals surface area contributed by atoms with E-state index in [9.17, 15) is 0 Å². The number of hydrogen-bond acceptors (Lipinski definition) is 0. The van der Waals surface area contributed by atoms with Crippen LogP contribution in [0.3, 0.4) is 0 Å². The smallest absolute Gasteiger partial charge is 0.0221 e. The van der Waals surface area contributed by atoms with Crippen LogP contribution in [0.1, 0.15) is 11.1 Å². The number of halogens is 3. The molecule has 0 saturated heterocycles. The maximum absolute atomic E-state index is 3.48. The van der Waals surface area contributed by atoms with Gasteiger partial charge in [-0.1, -0.05) is 78.1 Å². The van der Waals surface area contributed by atoms with E-state index in [-0.39, 0.29) is 0 Å². The van der Waals surface area contributed by atoms with Crippen molar-refractivity contribution in [1.29, 1.82) is 0 Å². The standard InChI is InChI=1S/C15H11Br3/c16-10-9-15(11-1-5-13(17)6-2-11)12-3-7-14(18)8-4-12/h1-9H,10H2. The lowest BCUT2D eigenvalue weighted by Crippen LogP contribution is -1.88. The molecule has 0 aliphatic carbocycles. The molecule has 18 heavy (non-hydrogen) atoms. The van der Waals surface area contributed by atoms with Gasteiger partial charge in [-0.05, 0) is 41.0 Å². The Kier molecular flexibility index (Phi) is 5.22. The van der Waals surface area contributed by atoms with Crippen LogP contribution in [0.25, 0.3) is 5.57 Å². The van der Waals surface area contributed by atoms with Gasteiger partial charge in [-0.15, -0.1) is 0 Å². The van der Waals surface area contributed by atoms with Crippen molar-refractivity contribution in [3.8, 4) is 0 Å². The zero-order valence-electron chi connectivity index (χ0n) is 9.54. The Labute approximate surface area is 132 Å². The van der Waals surface area contributed by atoms with Crippen molar-refractivity contribution in [2.45, 2.75) is 0 Å². The maximum atomic E-state index is 3.48. The Morgan fingerprint density at radius 1 is 0.778 bits per heavy atom. The summed E-state index contributed by atoms with van der Waals surface area (Å²) in [5, 5.41) is 0.842. The van der Waals surface area contributed by atoms with Gasteiger partial charge in [-0.25, -0.2) is 0 Å². The lowest BCUT2D eigenvalue weighted by atomic mass is 9.98. The van der Waals surface area contributed by atoms with Crippen LogP contribution in [0.4, 0.5) is 0 Å². The second kappa shape index (κ2) is 6.69. The highest BCUT2D eigenvalue weighted by Gasteiger charge is 2.04. The Bertz CT molecular complexity index is 491. The van der Waals surface area contributed by atoms with E-state index in [4.69, 9.17) is 0 Å². The molecule has 0 amide bonds. The Hall–Kier alpha value is -0.380. The van der Waals surface area contributed by atoms with Crippen molar-refractivity contribution in [1.82, 2.24) is 0 Å². The first-order chi connectivity index (χ1) is 8.70. The summed E-state index contributed by atoms with van der Waals surface area (Å²) in [5.74, 6) is 0. The summed E-state index contributed by atoms with van der Waals surface area (Å²) in [6.07, 6.45) is 2.19. The van der Waals surface area contributed by atoms with E-state index in [1.54, 1.807) is 0 Å². The third kappa shape index (κ3) is 3.56. The first-order valence-electron chi connectivity index (χ1n) is 5.48. The molecule has 0 aromatic heterocycles. The van der Waals surface area contributed by atoms with Gasteiger partial charge >= 0.3 is 0 Å². The van der Waals surface area contributed by atoms with Crippen LogP contribution in [-0.4, -0.2) is 5.33 Å². The van der Waals surface area contributed by atoms with Crippen molar-refractivity contribution >= 4 is 53.4 Å². The van der Waals surface area contributed by atoms with Crippen LogP contribution in [-0.2, 0) is 0 Å². The fraction of sp³-hybridized carbons (Fsp3) is 0.0667. The quantitative estimate of drug-likeness (QED) is 0.521. The van der Waals surface area contributed by atoms with E-state index in [0.29, 0.717) is 0 Å². The second-order valence-corrected chi connectivity index (χ2v) is 6.26. The molecular formula is C15H11Br3. The van der Waals surface area contributed by atoms with E-state index >= 15 is 0 Å². The lowest BCUT2D eigenvalue weighted by molar-refractivity contribution is 1.51.